The Morgan fingerprint density at radius 3 is 2.75 bits per heavy atom. The Bertz CT molecular complexity index is 771. The predicted molar refractivity (Wildman–Crippen MR) is 92.8 cm³/mol. The predicted octanol–water partition coefficient (Wildman–Crippen LogP) is 3.74. The number of carbonyl (C=O) groups is 1. The number of fused-ring (bicyclic) bond motifs is 1. The minimum absolute atomic E-state index is 0.0295. The van der Waals surface area contributed by atoms with Gasteiger partial charge in [-0.2, -0.15) is 0 Å². The van der Waals surface area contributed by atoms with Crippen LogP contribution in [0.5, 0.6) is 5.75 Å². The van der Waals surface area contributed by atoms with Gasteiger partial charge >= 0.3 is 0 Å². The maximum absolute atomic E-state index is 12.9. The summed E-state index contributed by atoms with van der Waals surface area (Å²) in [5.41, 5.74) is 3.52. The third-order valence-corrected chi connectivity index (χ3v) is 3.74. The first-order valence-electron chi connectivity index (χ1n) is 7.73. The van der Waals surface area contributed by atoms with Crippen LogP contribution >= 0.6 is 0 Å². The van der Waals surface area contributed by atoms with Crippen molar-refractivity contribution in [2.75, 3.05) is 23.4 Å². The van der Waals surface area contributed by atoms with Gasteiger partial charge in [-0.15, -0.1) is 0 Å². The lowest BCUT2D eigenvalue weighted by atomic mass is 10.1. The summed E-state index contributed by atoms with van der Waals surface area (Å²) in [6, 6.07) is 12.0. The zero-order valence-electron chi connectivity index (χ0n) is 13.5. The van der Waals surface area contributed by atoms with Crippen molar-refractivity contribution in [3.05, 3.63) is 66.0 Å². The van der Waals surface area contributed by atoms with Crippen LogP contribution in [0, 0.1) is 5.82 Å². The van der Waals surface area contributed by atoms with Crippen molar-refractivity contribution in [2.24, 2.45) is 0 Å². The fourth-order valence-corrected chi connectivity index (χ4v) is 2.56. The Balaban J connectivity index is 1.74. The van der Waals surface area contributed by atoms with E-state index in [4.69, 9.17) is 4.74 Å². The molecule has 124 valence electrons. The maximum Gasteiger partial charge on any atom is 0.265 e. The van der Waals surface area contributed by atoms with Crippen molar-refractivity contribution >= 4 is 17.3 Å². The number of rotatable bonds is 5. The smallest absolute Gasteiger partial charge is 0.265 e. The molecule has 1 heterocycles. The average Bonchev–Trinajstić information content (AvgIpc) is 2.56. The zero-order chi connectivity index (χ0) is 17.1. The molecule has 1 aliphatic rings. The molecule has 0 radical (unpaired) electrons. The first kappa shape index (κ1) is 16.1. The molecule has 0 atom stereocenters. The largest absolute Gasteiger partial charge is 0.481 e. The molecule has 1 aliphatic heterocycles. The van der Waals surface area contributed by atoms with Gasteiger partial charge in [0.05, 0.1) is 5.69 Å². The second-order valence-corrected chi connectivity index (χ2v) is 5.89. The van der Waals surface area contributed by atoms with Gasteiger partial charge in [-0.3, -0.25) is 4.79 Å². The highest BCUT2D eigenvalue weighted by Crippen LogP contribution is 2.35. The standard InChI is InChI=1S/C19H19FN2O2/c1-13(2)11-22-17-8-7-16(9-18(17)24-12-19(22)23)21-10-14-3-5-15(20)6-4-14/h3-9,21H,1,10-12H2,2H3. The molecule has 0 saturated heterocycles. The molecule has 2 aromatic rings. The molecular formula is C19H19FN2O2. The molecule has 0 bridgehead atoms. The van der Waals surface area contributed by atoms with Crippen molar-refractivity contribution in [2.45, 2.75) is 13.5 Å². The Hall–Kier alpha value is -2.82. The number of anilines is 2. The average molecular weight is 326 g/mol. The van der Waals surface area contributed by atoms with Gasteiger partial charge < -0.3 is 15.0 Å². The highest BCUT2D eigenvalue weighted by molar-refractivity contribution is 5.98. The Morgan fingerprint density at radius 1 is 1.29 bits per heavy atom. The fourth-order valence-electron chi connectivity index (χ4n) is 2.56. The van der Waals surface area contributed by atoms with Crippen LogP contribution < -0.4 is 15.0 Å². The van der Waals surface area contributed by atoms with E-state index in [9.17, 15) is 9.18 Å². The van der Waals surface area contributed by atoms with Gasteiger partial charge in [0.25, 0.3) is 5.91 Å². The molecule has 5 heteroatoms. The molecule has 4 nitrogen and oxygen atoms in total. The SMILES string of the molecule is C=C(C)CN1C(=O)COc2cc(NCc3ccc(F)cc3)ccc21. The molecule has 3 rings (SSSR count). The van der Waals surface area contributed by atoms with Gasteiger partial charge in [0.1, 0.15) is 11.6 Å². The number of nitrogens with one attached hydrogen (secondary N) is 1. The molecule has 0 aliphatic carbocycles. The Kier molecular flexibility index (Phi) is 4.51. The van der Waals surface area contributed by atoms with Gasteiger partial charge in [-0.25, -0.2) is 4.39 Å². The summed E-state index contributed by atoms with van der Waals surface area (Å²) in [7, 11) is 0. The third-order valence-electron chi connectivity index (χ3n) is 3.74. The lowest BCUT2D eigenvalue weighted by molar-refractivity contribution is -0.121. The quantitative estimate of drug-likeness (QED) is 0.851. The van der Waals surface area contributed by atoms with E-state index in [1.807, 2.05) is 25.1 Å². The fraction of sp³-hybridized carbons (Fsp3) is 0.211. The summed E-state index contributed by atoms with van der Waals surface area (Å²) in [6.45, 7) is 6.85. The normalized spacial score (nSPS) is 13.2. The number of benzene rings is 2. The summed E-state index contributed by atoms with van der Waals surface area (Å²) < 4.78 is 18.5. The lowest BCUT2D eigenvalue weighted by Gasteiger charge is -2.30. The van der Waals surface area contributed by atoms with Crippen LogP contribution in [0.25, 0.3) is 0 Å². The number of hydrogen-bond acceptors (Lipinski definition) is 3. The molecule has 24 heavy (non-hydrogen) atoms. The van der Waals surface area contributed by atoms with E-state index in [-0.39, 0.29) is 18.3 Å². The van der Waals surface area contributed by atoms with E-state index in [0.717, 1.165) is 22.5 Å². The summed E-state index contributed by atoms with van der Waals surface area (Å²) >= 11 is 0. The van der Waals surface area contributed by atoms with Crippen LogP contribution in [0.15, 0.2) is 54.6 Å². The summed E-state index contributed by atoms with van der Waals surface area (Å²) in [6.07, 6.45) is 0. The number of ether oxygens (including phenoxy) is 1. The second kappa shape index (κ2) is 6.74. The number of halogens is 1. The van der Waals surface area contributed by atoms with Gasteiger partial charge in [0.15, 0.2) is 6.61 Å². The van der Waals surface area contributed by atoms with Crippen molar-refractivity contribution in [1.82, 2.24) is 0 Å². The van der Waals surface area contributed by atoms with E-state index < -0.39 is 0 Å². The van der Waals surface area contributed by atoms with Gasteiger partial charge in [-0.1, -0.05) is 24.3 Å². The summed E-state index contributed by atoms with van der Waals surface area (Å²) in [5, 5.41) is 3.27. The number of carbonyl (C=O) groups excluding carboxylic acids is 1. The first-order valence-corrected chi connectivity index (χ1v) is 7.73. The first-order chi connectivity index (χ1) is 11.5. The molecule has 1 N–H and O–H groups in total. The summed E-state index contributed by atoms with van der Waals surface area (Å²) in [5.74, 6) is 0.348. The van der Waals surface area contributed by atoms with E-state index in [0.29, 0.717) is 18.8 Å². The highest BCUT2D eigenvalue weighted by Gasteiger charge is 2.25. The Labute approximate surface area is 140 Å². The minimum atomic E-state index is -0.247. The zero-order valence-corrected chi connectivity index (χ0v) is 13.5. The van der Waals surface area contributed by atoms with Crippen LogP contribution in [-0.4, -0.2) is 19.1 Å². The molecule has 0 unspecified atom stereocenters. The maximum atomic E-state index is 12.9. The topological polar surface area (TPSA) is 41.6 Å². The van der Waals surface area contributed by atoms with Gasteiger partial charge in [0, 0.05) is 24.8 Å². The molecule has 0 saturated carbocycles. The molecule has 0 fully saturated rings. The van der Waals surface area contributed by atoms with Crippen molar-refractivity contribution in [3.63, 3.8) is 0 Å². The number of amides is 1. The molecule has 2 aromatic carbocycles. The highest BCUT2D eigenvalue weighted by atomic mass is 19.1. The minimum Gasteiger partial charge on any atom is -0.481 e. The monoisotopic (exact) mass is 326 g/mol. The van der Waals surface area contributed by atoms with Crippen molar-refractivity contribution in [3.8, 4) is 5.75 Å². The van der Waals surface area contributed by atoms with E-state index in [1.165, 1.54) is 12.1 Å². The van der Waals surface area contributed by atoms with E-state index in [1.54, 1.807) is 17.0 Å². The van der Waals surface area contributed by atoms with E-state index in [2.05, 4.69) is 11.9 Å². The molecule has 0 aromatic heterocycles. The second-order valence-electron chi connectivity index (χ2n) is 5.89. The van der Waals surface area contributed by atoms with Gasteiger partial charge in [-0.05, 0) is 36.8 Å². The summed E-state index contributed by atoms with van der Waals surface area (Å²) in [4.78, 5) is 13.7. The van der Waals surface area contributed by atoms with Crippen LogP contribution in [0.1, 0.15) is 12.5 Å². The third kappa shape index (κ3) is 3.56. The van der Waals surface area contributed by atoms with Crippen LogP contribution in [-0.2, 0) is 11.3 Å². The number of hydrogen-bond donors (Lipinski definition) is 1. The van der Waals surface area contributed by atoms with E-state index >= 15 is 0 Å². The molecule has 0 spiro atoms. The van der Waals surface area contributed by atoms with Crippen LogP contribution in [0.3, 0.4) is 0 Å². The Morgan fingerprint density at radius 2 is 2.04 bits per heavy atom. The van der Waals surface area contributed by atoms with Crippen LogP contribution in [0.4, 0.5) is 15.8 Å². The number of nitrogens with zero attached hydrogens (tertiary/aromatic N) is 1. The molecule has 1 amide bonds. The van der Waals surface area contributed by atoms with Gasteiger partial charge in [0.2, 0.25) is 0 Å². The van der Waals surface area contributed by atoms with Crippen molar-refractivity contribution < 1.29 is 13.9 Å². The van der Waals surface area contributed by atoms with Crippen molar-refractivity contribution in [1.29, 1.82) is 0 Å². The van der Waals surface area contributed by atoms with Crippen LogP contribution in [0.2, 0.25) is 0 Å². The molecular weight excluding hydrogens is 307 g/mol. The lowest BCUT2D eigenvalue weighted by Crippen LogP contribution is -2.39.